The Hall–Kier alpha value is -1.47. The average molecular weight is 364 g/mol. The predicted octanol–water partition coefficient (Wildman–Crippen LogP) is 1.52. The van der Waals surface area contributed by atoms with E-state index in [2.05, 4.69) is 19.7 Å². The molecule has 3 heterocycles. The van der Waals surface area contributed by atoms with Crippen molar-refractivity contribution < 1.29 is 9.90 Å². The van der Waals surface area contributed by atoms with E-state index >= 15 is 0 Å². The Kier molecular flexibility index (Phi) is 5.67. The van der Waals surface area contributed by atoms with Crippen LogP contribution < -0.4 is 0 Å². The van der Waals surface area contributed by atoms with E-state index in [1.165, 1.54) is 0 Å². The van der Waals surface area contributed by atoms with Crippen LogP contribution in [0.5, 0.6) is 0 Å². The van der Waals surface area contributed by atoms with Gasteiger partial charge in [-0.25, -0.2) is 0 Å². The quantitative estimate of drug-likeness (QED) is 0.881. The van der Waals surface area contributed by atoms with Crippen LogP contribution in [0.3, 0.4) is 0 Å². The first-order valence-corrected chi connectivity index (χ1v) is 9.83. The van der Waals surface area contributed by atoms with Crippen LogP contribution in [0.15, 0.2) is 0 Å². The first kappa shape index (κ1) is 19.3. The second kappa shape index (κ2) is 7.64. The van der Waals surface area contributed by atoms with Crippen LogP contribution in [0.25, 0.3) is 0 Å². The zero-order valence-corrected chi connectivity index (χ0v) is 16.6. The van der Waals surface area contributed by atoms with Gasteiger partial charge in [0.1, 0.15) is 11.6 Å². The van der Waals surface area contributed by atoms with Gasteiger partial charge >= 0.3 is 0 Å². The number of amides is 1. The molecule has 146 valence electrons. The summed E-state index contributed by atoms with van der Waals surface area (Å²) in [6, 6.07) is 0. The molecule has 1 aromatic heterocycles. The van der Waals surface area contributed by atoms with E-state index in [-0.39, 0.29) is 23.3 Å². The standard InChI is InChI=1S/C19H33N5O2/c1-19(2,3)18(26)24-9-5-6-14(12-24)17-21-20-16(22(17)4)13-23-10-7-15(25)8-11-23/h14-15,25H,5-13H2,1-4H3. The maximum atomic E-state index is 12.6. The summed E-state index contributed by atoms with van der Waals surface area (Å²) in [4.78, 5) is 17.0. The second-order valence-corrected chi connectivity index (χ2v) is 8.88. The monoisotopic (exact) mass is 363 g/mol. The minimum atomic E-state index is -0.342. The molecule has 1 unspecified atom stereocenters. The fourth-order valence-electron chi connectivity index (χ4n) is 3.99. The second-order valence-electron chi connectivity index (χ2n) is 8.88. The van der Waals surface area contributed by atoms with E-state index in [0.717, 1.165) is 70.1 Å². The minimum Gasteiger partial charge on any atom is -0.393 e. The van der Waals surface area contributed by atoms with Gasteiger partial charge in [0, 0.05) is 44.6 Å². The molecule has 0 radical (unpaired) electrons. The lowest BCUT2D eigenvalue weighted by atomic mass is 9.91. The summed E-state index contributed by atoms with van der Waals surface area (Å²) in [5, 5.41) is 18.6. The molecule has 2 aliphatic rings. The van der Waals surface area contributed by atoms with Crippen molar-refractivity contribution in [2.75, 3.05) is 26.2 Å². The molecule has 1 aromatic rings. The number of carbonyl (C=O) groups excluding carboxylic acids is 1. The van der Waals surface area contributed by atoms with Crippen LogP contribution >= 0.6 is 0 Å². The summed E-state index contributed by atoms with van der Waals surface area (Å²) in [6.07, 6.45) is 3.57. The van der Waals surface area contributed by atoms with E-state index in [0.29, 0.717) is 0 Å². The topological polar surface area (TPSA) is 74.5 Å². The van der Waals surface area contributed by atoms with Crippen molar-refractivity contribution in [1.29, 1.82) is 0 Å². The molecule has 2 aliphatic heterocycles. The summed E-state index contributed by atoms with van der Waals surface area (Å²) in [5.74, 6) is 2.43. The lowest BCUT2D eigenvalue weighted by Gasteiger charge is -2.36. The van der Waals surface area contributed by atoms with Crippen molar-refractivity contribution in [2.24, 2.45) is 12.5 Å². The third kappa shape index (κ3) is 4.26. The number of aliphatic hydroxyl groups is 1. The van der Waals surface area contributed by atoms with Crippen molar-refractivity contribution in [3.63, 3.8) is 0 Å². The van der Waals surface area contributed by atoms with Gasteiger partial charge in [0.2, 0.25) is 5.91 Å². The molecule has 2 fully saturated rings. The Morgan fingerprint density at radius 2 is 1.85 bits per heavy atom. The summed E-state index contributed by atoms with van der Waals surface area (Å²) in [6.45, 7) is 10.1. The van der Waals surface area contributed by atoms with Gasteiger partial charge in [0.25, 0.3) is 0 Å². The first-order valence-electron chi connectivity index (χ1n) is 9.83. The number of aliphatic hydroxyl groups excluding tert-OH is 1. The van der Waals surface area contributed by atoms with Gasteiger partial charge in [0.05, 0.1) is 12.6 Å². The van der Waals surface area contributed by atoms with Crippen LogP contribution in [0.2, 0.25) is 0 Å². The Morgan fingerprint density at radius 1 is 1.15 bits per heavy atom. The Morgan fingerprint density at radius 3 is 2.50 bits per heavy atom. The SMILES string of the molecule is Cn1c(CN2CCC(O)CC2)nnc1C1CCCN(C(=O)C(C)(C)C)C1. The zero-order chi connectivity index (χ0) is 18.9. The maximum Gasteiger partial charge on any atom is 0.227 e. The number of piperidine rings is 2. The first-order chi connectivity index (χ1) is 12.3. The summed E-state index contributed by atoms with van der Waals surface area (Å²) < 4.78 is 2.11. The predicted molar refractivity (Wildman–Crippen MR) is 99.5 cm³/mol. The van der Waals surface area contributed by atoms with Crippen molar-refractivity contribution in [3.05, 3.63) is 11.6 Å². The smallest absolute Gasteiger partial charge is 0.227 e. The normalized spacial score (nSPS) is 23.4. The molecule has 1 atom stereocenters. The molecule has 2 saturated heterocycles. The van der Waals surface area contributed by atoms with E-state index in [1.54, 1.807) is 0 Å². The van der Waals surface area contributed by atoms with Gasteiger partial charge in [-0.2, -0.15) is 0 Å². The molecule has 0 aromatic carbocycles. The number of nitrogens with zero attached hydrogens (tertiary/aromatic N) is 5. The van der Waals surface area contributed by atoms with Gasteiger partial charge in [-0.1, -0.05) is 20.8 Å². The molecule has 0 spiro atoms. The summed E-state index contributed by atoms with van der Waals surface area (Å²) in [7, 11) is 2.04. The Balaban J connectivity index is 1.66. The highest BCUT2D eigenvalue weighted by Crippen LogP contribution is 2.29. The molecular formula is C19H33N5O2. The lowest BCUT2D eigenvalue weighted by molar-refractivity contribution is -0.140. The Labute approximate surface area is 156 Å². The minimum absolute atomic E-state index is 0.158. The molecule has 0 bridgehead atoms. The van der Waals surface area contributed by atoms with Crippen molar-refractivity contribution in [1.82, 2.24) is 24.6 Å². The van der Waals surface area contributed by atoms with Gasteiger partial charge < -0.3 is 14.6 Å². The molecule has 0 saturated carbocycles. The van der Waals surface area contributed by atoms with Crippen LogP contribution in [0.1, 0.15) is 64.0 Å². The van der Waals surface area contributed by atoms with Gasteiger partial charge in [0.15, 0.2) is 0 Å². The van der Waals surface area contributed by atoms with Crippen LogP contribution in [0, 0.1) is 5.41 Å². The summed E-state index contributed by atoms with van der Waals surface area (Å²) >= 11 is 0. The molecule has 7 heteroatoms. The lowest BCUT2D eigenvalue weighted by Crippen LogP contribution is -2.45. The number of aromatic nitrogens is 3. The van der Waals surface area contributed by atoms with E-state index in [9.17, 15) is 9.90 Å². The highest BCUT2D eigenvalue weighted by molar-refractivity contribution is 5.81. The average Bonchev–Trinajstić information content (AvgIpc) is 2.96. The highest BCUT2D eigenvalue weighted by Gasteiger charge is 2.33. The van der Waals surface area contributed by atoms with E-state index in [4.69, 9.17) is 0 Å². The fraction of sp³-hybridized carbons (Fsp3) is 0.842. The number of likely N-dealkylation sites (tertiary alicyclic amines) is 2. The van der Waals surface area contributed by atoms with Crippen molar-refractivity contribution in [2.45, 2.75) is 65.0 Å². The fourth-order valence-corrected chi connectivity index (χ4v) is 3.99. The van der Waals surface area contributed by atoms with Gasteiger partial charge in [-0.15, -0.1) is 10.2 Å². The molecule has 7 nitrogen and oxygen atoms in total. The number of rotatable bonds is 3. The van der Waals surface area contributed by atoms with Gasteiger partial charge in [-0.05, 0) is 25.7 Å². The number of carbonyl (C=O) groups is 1. The van der Waals surface area contributed by atoms with Crippen LogP contribution in [-0.2, 0) is 18.4 Å². The third-order valence-corrected chi connectivity index (χ3v) is 5.64. The molecule has 1 amide bonds. The highest BCUT2D eigenvalue weighted by atomic mass is 16.3. The van der Waals surface area contributed by atoms with E-state index < -0.39 is 0 Å². The maximum absolute atomic E-state index is 12.6. The molecule has 1 N–H and O–H groups in total. The summed E-state index contributed by atoms with van der Waals surface area (Å²) in [5.41, 5.74) is -0.342. The third-order valence-electron chi connectivity index (χ3n) is 5.64. The van der Waals surface area contributed by atoms with Gasteiger partial charge in [-0.3, -0.25) is 9.69 Å². The Bertz CT molecular complexity index is 628. The molecular weight excluding hydrogens is 330 g/mol. The molecule has 3 rings (SSSR count). The number of hydrogen-bond donors (Lipinski definition) is 1. The largest absolute Gasteiger partial charge is 0.393 e. The zero-order valence-electron chi connectivity index (χ0n) is 16.6. The van der Waals surface area contributed by atoms with Crippen LogP contribution in [0.4, 0.5) is 0 Å². The number of hydrogen-bond acceptors (Lipinski definition) is 5. The molecule has 26 heavy (non-hydrogen) atoms. The van der Waals surface area contributed by atoms with Crippen LogP contribution in [-0.4, -0.2) is 67.9 Å². The molecule has 0 aliphatic carbocycles. The van der Waals surface area contributed by atoms with Crippen molar-refractivity contribution in [3.8, 4) is 0 Å². The van der Waals surface area contributed by atoms with E-state index in [1.807, 2.05) is 32.7 Å². The van der Waals surface area contributed by atoms with Crippen molar-refractivity contribution >= 4 is 5.91 Å².